The molecule has 5 rings (SSSR count). The van der Waals surface area contributed by atoms with Gasteiger partial charge in [0.05, 0.1) is 12.3 Å². The third-order valence-corrected chi connectivity index (χ3v) is 7.32. The van der Waals surface area contributed by atoms with Crippen LogP contribution in [0.2, 0.25) is 0 Å². The van der Waals surface area contributed by atoms with Gasteiger partial charge in [0.1, 0.15) is 29.7 Å². The van der Waals surface area contributed by atoms with Crippen LogP contribution in [0.15, 0.2) is 67.0 Å². The van der Waals surface area contributed by atoms with Crippen LogP contribution in [0.1, 0.15) is 75.4 Å². The minimum atomic E-state index is -0.128. The first kappa shape index (κ1) is 37.8. The van der Waals surface area contributed by atoms with Crippen molar-refractivity contribution in [3.63, 3.8) is 0 Å². The molecule has 1 aliphatic heterocycles. The van der Waals surface area contributed by atoms with Gasteiger partial charge in [0, 0.05) is 30.0 Å². The Hall–Kier alpha value is -2.70. The van der Waals surface area contributed by atoms with Crippen LogP contribution in [0.5, 0.6) is 17.2 Å². The van der Waals surface area contributed by atoms with Crippen LogP contribution in [0.25, 0.3) is 16.4 Å². The zero-order valence-corrected chi connectivity index (χ0v) is 31.4. The third kappa shape index (κ3) is 10.1. The monoisotopic (exact) mass is 651 g/mol. The summed E-state index contributed by atoms with van der Waals surface area (Å²) in [5, 5.41) is 12.6. The number of benzene rings is 2. The van der Waals surface area contributed by atoms with Crippen LogP contribution in [-0.2, 0) is 22.7 Å². The van der Waals surface area contributed by atoms with Gasteiger partial charge < -0.3 is 34.6 Å². The summed E-state index contributed by atoms with van der Waals surface area (Å²) < 4.78 is 25.8. The number of nitrogen functional groups attached to an aromatic ring is 1. The van der Waals surface area contributed by atoms with Crippen molar-refractivity contribution >= 4 is 11.7 Å². The molecule has 0 spiro atoms. The molecule has 1 atom stereocenters. The summed E-state index contributed by atoms with van der Waals surface area (Å²) in [7, 11) is 1.72. The fourth-order valence-corrected chi connectivity index (χ4v) is 5.13. The van der Waals surface area contributed by atoms with Gasteiger partial charge in [0.15, 0.2) is 6.29 Å². The van der Waals surface area contributed by atoms with Crippen molar-refractivity contribution in [3.05, 3.63) is 94.7 Å². The number of hydrogen-bond acceptors (Lipinski definition) is 6. The van der Waals surface area contributed by atoms with E-state index in [9.17, 15) is 0 Å². The fraction of sp³-hybridized carbons (Fsp3) is 0.389. The molecule has 10 heteroatoms. The molecule has 1 aliphatic rings. The summed E-state index contributed by atoms with van der Waals surface area (Å²) in [6.45, 7) is 11.8. The number of rotatable bonds is 12. The molecular formula is C36H46KN5O4. The number of hydrogen-bond donors (Lipinski definition) is 2. The van der Waals surface area contributed by atoms with Gasteiger partial charge in [0.25, 0.3) is 0 Å². The van der Waals surface area contributed by atoms with Crippen molar-refractivity contribution in [2.24, 2.45) is 5.73 Å². The average Bonchev–Trinajstić information content (AvgIpc) is 3.46. The molecular weight excluding hydrogens is 606 g/mol. The van der Waals surface area contributed by atoms with Gasteiger partial charge in [-0.3, -0.25) is 10.4 Å². The maximum Gasteiger partial charge on any atom is 1.00 e. The quantitative estimate of drug-likeness (QED) is 0.114. The Morgan fingerprint density at radius 3 is 2.39 bits per heavy atom. The van der Waals surface area contributed by atoms with E-state index in [4.69, 9.17) is 30.1 Å². The van der Waals surface area contributed by atoms with E-state index >= 15 is 0 Å². The van der Waals surface area contributed by atoms with E-state index in [2.05, 4.69) is 24.1 Å². The summed E-state index contributed by atoms with van der Waals surface area (Å²) >= 11 is 0. The van der Waals surface area contributed by atoms with Crippen LogP contribution in [0.4, 0.5) is 5.82 Å². The molecule has 1 unspecified atom stereocenters. The Kier molecular flexibility index (Phi) is 15.3. The number of nitrogens with zero attached hydrogens (tertiary/aromatic N) is 3. The fourth-order valence-electron chi connectivity index (χ4n) is 5.13. The Balaban J connectivity index is 0.00000188. The largest absolute Gasteiger partial charge is 1.00 e. The van der Waals surface area contributed by atoms with Crippen LogP contribution in [0.3, 0.4) is 0 Å². The van der Waals surface area contributed by atoms with Gasteiger partial charge in [0.2, 0.25) is 0 Å². The zero-order valence-electron chi connectivity index (χ0n) is 28.3. The second kappa shape index (κ2) is 18.6. The molecule has 9 nitrogen and oxygen atoms in total. The van der Waals surface area contributed by atoms with E-state index < -0.39 is 0 Å². The summed E-state index contributed by atoms with van der Waals surface area (Å²) in [5.41, 5.74) is 11.3. The van der Waals surface area contributed by atoms with Crippen LogP contribution >= 0.6 is 0 Å². The smallest absolute Gasteiger partial charge is 0.489 e. The second-order valence-electron chi connectivity index (χ2n) is 11.0. The molecule has 240 valence electrons. The van der Waals surface area contributed by atoms with Gasteiger partial charge >= 0.3 is 51.4 Å². The van der Waals surface area contributed by atoms with E-state index in [1.54, 1.807) is 7.05 Å². The van der Waals surface area contributed by atoms with Gasteiger partial charge in [-0.25, -0.2) is 0 Å². The molecule has 3 N–H and O–H groups in total. The van der Waals surface area contributed by atoms with E-state index in [0.717, 1.165) is 53.8 Å². The topological polar surface area (TPSA) is 119 Å². The first-order valence-corrected chi connectivity index (χ1v) is 15.7. The van der Waals surface area contributed by atoms with Crippen LogP contribution < -0.4 is 66.6 Å². The number of amidine groups is 1. The number of aryl methyl sites for hydroxylation is 1. The van der Waals surface area contributed by atoms with E-state index in [-0.39, 0.29) is 69.6 Å². The minimum Gasteiger partial charge on any atom is -0.489 e. The molecule has 4 aromatic rings. The Morgan fingerprint density at radius 2 is 1.78 bits per heavy atom. The molecule has 2 aromatic carbocycles. The van der Waals surface area contributed by atoms with Crippen molar-refractivity contribution in [3.8, 4) is 28.4 Å². The van der Waals surface area contributed by atoms with Crippen LogP contribution in [-0.4, -0.2) is 35.3 Å². The van der Waals surface area contributed by atoms with Crippen molar-refractivity contribution in [2.45, 2.75) is 79.4 Å². The standard InChI is InChI=1S/C34H40N5O4.C2H6.K/c1-22(2)39-19-30(32(33(35)36)34(39)37-4)25-9-12-27(13-10-25)43-29-16-23(3)15-28(17-29)41-20-24-8-11-26(38-18-24)21-42-31-7-5-6-14-40-31;1-2;/h8-13,15-19,22,31H,5-7,14,20-21H2,1-4H3,(H3,35,36);1-2H3;/q-1;;+1. The maximum absolute atomic E-state index is 8.16. The van der Waals surface area contributed by atoms with Crippen molar-refractivity contribution in [2.75, 3.05) is 13.7 Å². The zero-order chi connectivity index (χ0) is 32.3. The van der Waals surface area contributed by atoms with Gasteiger partial charge in [-0.15, -0.1) is 0 Å². The molecule has 2 aromatic heterocycles. The van der Waals surface area contributed by atoms with Crippen molar-refractivity contribution in [1.29, 1.82) is 5.41 Å². The predicted molar refractivity (Wildman–Crippen MR) is 180 cm³/mol. The summed E-state index contributed by atoms with van der Waals surface area (Å²) in [6.07, 6.45) is 6.87. The second-order valence-corrected chi connectivity index (χ2v) is 11.0. The summed E-state index contributed by atoms with van der Waals surface area (Å²) in [4.78, 5) is 4.52. The van der Waals surface area contributed by atoms with Gasteiger partial charge in [-0.1, -0.05) is 65.0 Å². The molecule has 46 heavy (non-hydrogen) atoms. The Morgan fingerprint density at radius 1 is 1.04 bits per heavy atom. The minimum absolute atomic E-state index is 0. The maximum atomic E-state index is 8.16. The molecule has 1 fully saturated rings. The normalized spacial score (nSPS) is 14.1. The molecule has 0 bridgehead atoms. The number of nitrogens with two attached hydrogens (primary N) is 1. The molecule has 0 radical (unpaired) electrons. The number of ether oxygens (including phenoxy) is 4. The summed E-state index contributed by atoms with van der Waals surface area (Å²) in [6, 6.07) is 17.8. The first-order valence-electron chi connectivity index (χ1n) is 15.7. The summed E-state index contributed by atoms with van der Waals surface area (Å²) in [5.74, 6) is 2.78. The molecule has 0 saturated carbocycles. The Labute approximate surface area is 316 Å². The SMILES string of the molecule is CC.C[N-]c1c(C(=N)N)c(-c2ccc(Oc3cc(C)cc(OCc4ccc(COC5CCCCO5)nc4)c3)cc2)cn1C(C)C.[K+]. The number of pyridine rings is 1. The van der Waals surface area contributed by atoms with E-state index in [1.165, 1.54) is 0 Å². The average molecular weight is 652 g/mol. The number of nitrogens with one attached hydrogen (secondary N) is 1. The molecule has 1 saturated heterocycles. The molecule has 3 heterocycles. The predicted octanol–water partition coefficient (Wildman–Crippen LogP) is 5.80. The third-order valence-electron chi connectivity index (χ3n) is 7.32. The van der Waals surface area contributed by atoms with Gasteiger partial charge in [-0.2, -0.15) is 0 Å². The van der Waals surface area contributed by atoms with E-state index in [0.29, 0.717) is 41.8 Å². The van der Waals surface area contributed by atoms with Crippen LogP contribution in [0, 0.1) is 12.3 Å². The van der Waals surface area contributed by atoms with E-state index in [1.807, 2.05) is 92.3 Å². The first-order chi connectivity index (χ1) is 21.8. The molecule has 0 amide bonds. The molecule has 0 aliphatic carbocycles. The van der Waals surface area contributed by atoms with Gasteiger partial charge in [-0.05, 0) is 79.3 Å². The number of aromatic nitrogens is 2. The van der Waals surface area contributed by atoms with Crippen molar-refractivity contribution < 1.29 is 70.3 Å². The van der Waals surface area contributed by atoms with Crippen molar-refractivity contribution in [1.82, 2.24) is 9.55 Å². The Bertz CT molecular complexity index is 1530.